The molecule has 7 heteroatoms. The number of nitrogens with one attached hydrogen (secondary N) is 1. The summed E-state index contributed by atoms with van der Waals surface area (Å²) in [5.74, 6) is -0.377. The fourth-order valence-electron chi connectivity index (χ4n) is 2.23. The highest BCUT2D eigenvalue weighted by Crippen LogP contribution is 2.16. The molecule has 1 fully saturated rings. The highest BCUT2D eigenvalue weighted by Gasteiger charge is 2.37. The predicted octanol–water partition coefficient (Wildman–Crippen LogP) is 2.45. The van der Waals surface area contributed by atoms with Crippen molar-refractivity contribution >= 4 is 18.1 Å². The number of likely N-dealkylation sites (tertiary alicyclic amines) is 1. The van der Waals surface area contributed by atoms with E-state index in [2.05, 4.69) is 5.32 Å². The minimum atomic E-state index is -0.700. The molecule has 0 aliphatic carbocycles. The van der Waals surface area contributed by atoms with Crippen LogP contribution in [0.3, 0.4) is 0 Å². The second-order valence-corrected chi connectivity index (χ2v) is 6.59. The van der Waals surface area contributed by atoms with Crippen molar-refractivity contribution < 1.29 is 23.9 Å². The van der Waals surface area contributed by atoms with Gasteiger partial charge in [0.2, 0.25) is 5.91 Å². The average Bonchev–Trinajstić information content (AvgIpc) is 2.85. The summed E-state index contributed by atoms with van der Waals surface area (Å²) in [6.07, 6.45) is -1.28. The molecule has 0 saturated carbocycles. The van der Waals surface area contributed by atoms with Gasteiger partial charge in [-0.15, -0.1) is 0 Å². The van der Waals surface area contributed by atoms with Crippen LogP contribution >= 0.6 is 0 Å². The van der Waals surface area contributed by atoms with E-state index >= 15 is 0 Å². The van der Waals surface area contributed by atoms with Crippen LogP contribution in [-0.4, -0.2) is 41.2 Å². The lowest BCUT2D eigenvalue weighted by atomic mass is 10.2. The lowest BCUT2D eigenvalue weighted by Crippen LogP contribution is -2.41. The first-order valence-electron chi connectivity index (χ1n) is 7.75. The van der Waals surface area contributed by atoms with Crippen LogP contribution in [0.5, 0.6) is 0 Å². The van der Waals surface area contributed by atoms with Crippen molar-refractivity contribution in [1.29, 1.82) is 0 Å². The van der Waals surface area contributed by atoms with Gasteiger partial charge in [0, 0.05) is 6.42 Å². The molecule has 0 aromatic heterocycles. The monoisotopic (exact) mass is 334 g/mol. The van der Waals surface area contributed by atoms with E-state index < -0.39 is 23.8 Å². The zero-order valence-corrected chi connectivity index (χ0v) is 14.1. The largest absolute Gasteiger partial charge is 0.445 e. The smallest absolute Gasteiger partial charge is 0.417 e. The van der Waals surface area contributed by atoms with E-state index in [1.54, 1.807) is 20.8 Å². The van der Waals surface area contributed by atoms with Crippen molar-refractivity contribution in [1.82, 2.24) is 10.2 Å². The number of alkyl carbamates (subject to hydrolysis) is 1. The van der Waals surface area contributed by atoms with Crippen molar-refractivity contribution in [2.24, 2.45) is 0 Å². The molecule has 1 aromatic rings. The van der Waals surface area contributed by atoms with E-state index in [0.29, 0.717) is 0 Å². The molecule has 0 spiro atoms. The first-order chi connectivity index (χ1) is 11.2. The Kier molecular flexibility index (Phi) is 5.43. The fraction of sp³-hybridized carbons (Fsp3) is 0.471. The maximum absolute atomic E-state index is 12.0. The molecule has 1 aliphatic heterocycles. The number of carbonyl (C=O) groups is 3. The highest BCUT2D eigenvalue weighted by atomic mass is 16.6. The Balaban J connectivity index is 1.80. The predicted molar refractivity (Wildman–Crippen MR) is 86.1 cm³/mol. The lowest BCUT2D eigenvalue weighted by Gasteiger charge is -2.23. The number of imide groups is 1. The van der Waals surface area contributed by atoms with Gasteiger partial charge in [0.05, 0.1) is 12.6 Å². The van der Waals surface area contributed by atoms with Gasteiger partial charge < -0.3 is 14.8 Å². The average molecular weight is 334 g/mol. The molecule has 0 bridgehead atoms. The quantitative estimate of drug-likeness (QED) is 0.918. The molecule has 1 saturated heterocycles. The van der Waals surface area contributed by atoms with Gasteiger partial charge in [0.1, 0.15) is 12.2 Å². The van der Waals surface area contributed by atoms with Crippen molar-refractivity contribution in [3.63, 3.8) is 0 Å². The van der Waals surface area contributed by atoms with Crippen molar-refractivity contribution in [2.75, 3.05) is 6.54 Å². The number of hydrogen-bond donors (Lipinski definition) is 1. The third-order valence-corrected chi connectivity index (χ3v) is 3.27. The van der Waals surface area contributed by atoms with Gasteiger partial charge in [-0.05, 0) is 26.3 Å². The van der Waals surface area contributed by atoms with E-state index in [1.165, 1.54) is 0 Å². The Labute approximate surface area is 140 Å². The van der Waals surface area contributed by atoms with E-state index in [0.717, 1.165) is 10.5 Å². The molecule has 1 heterocycles. The molecule has 7 nitrogen and oxygen atoms in total. The molecule has 2 rings (SSSR count). The second kappa shape index (κ2) is 7.33. The molecule has 1 atom stereocenters. The maximum atomic E-state index is 12.0. The molecule has 1 aliphatic rings. The van der Waals surface area contributed by atoms with E-state index in [1.807, 2.05) is 30.3 Å². The maximum Gasteiger partial charge on any atom is 0.417 e. The molecule has 130 valence electrons. The summed E-state index contributed by atoms with van der Waals surface area (Å²) < 4.78 is 10.3. The lowest BCUT2D eigenvalue weighted by molar-refractivity contribution is -0.126. The van der Waals surface area contributed by atoms with Crippen LogP contribution in [0.4, 0.5) is 9.59 Å². The van der Waals surface area contributed by atoms with E-state index in [4.69, 9.17) is 9.47 Å². The minimum absolute atomic E-state index is 0.0413. The molecule has 1 unspecified atom stereocenters. The second-order valence-electron chi connectivity index (χ2n) is 6.59. The third kappa shape index (κ3) is 5.26. The molecule has 3 amide bonds. The molecule has 1 N–H and O–H groups in total. The van der Waals surface area contributed by atoms with Crippen molar-refractivity contribution in [2.45, 2.75) is 45.4 Å². The Hall–Kier alpha value is -2.57. The van der Waals surface area contributed by atoms with Gasteiger partial charge in [-0.1, -0.05) is 30.3 Å². The number of ether oxygens (including phenoxy) is 2. The number of benzene rings is 1. The summed E-state index contributed by atoms with van der Waals surface area (Å²) in [4.78, 5) is 36.7. The summed E-state index contributed by atoms with van der Waals surface area (Å²) in [6, 6.07) is 8.79. The summed E-state index contributed by atoms with van der Waals surface area (Å²) in [6.45, 7) is 5.39. The standard InChI is InChI=1S/C17H22N2O5/c1-17(2,3)24-16(22)19-10-13(9-14(19)20)18-15(21)23-11-12-7-5-4-6-8-12/h4-8,13H,9-11H2,1-3H3,(H,18,21). The summed E-state index contributed by atoms with van der Waals surface area (Å²) in [5.41, 5.74) is 0.183. The summed E-state index contributed by atoms with van der Waals surface area (Å²) in [7, 11) is 0. The Morgan fingerprint density at radius 3 is 2.54 bits per heavy atom. The topological polar surface area (TPSA) is 84.9 Å². The van der Waals surface area contributed by atoms with Gasteiger partial charge in [-0.3, -0.25) is 4.79 Å². The van der Waals surface area contributed by atoms with Crippen molar-refractivity contribution in [3.05, 3.63) is 35.9 Å². The molecular weight excluding hydrogens is 312 g/mol. The molecule has 1 aromatic carbocycles. The number of nitrogens with zero attached hydrogens (tertiary/aromatic N) is 1. The zero-order valence-electron chi connectivity index (χ0n) is 14.1. The van der Waals surface area contributed by atoms with Crippen LogP contribution in [-0.2, 0) is 20.9 Å². The SMILES string of the molecule is CC(C)(C)OC(=O)N1CC(NC(=O)OCc2ccccc2)CC1=O. The summed E-state index contributed by atoms with van der Waals surface area (Å²) in [5, 5.41) is 2.60. The fourth-order valence-corrected chi connectivity index (χ4v) is 2.23. The van der Waals surface area contributed by atoms with Crippen LogP contribution in [0.2, 0.25) is 0 Å². The number of carbonyl (C=O) groups excluding carboxylic acids is 3. The van der Waals surface area contributed by atoms with Gasteiger partial charge >= 0.3 is 12.2 Å². The van der Waals surface area contributed by atoms with Crippen molar-refractivity contribution in [3.8, 4) is 0 Å². The zero-order chi connectivity index (χ0) is 17.7. The number of amides is 3. The Morgan fingerprint density at radius 2 is 1.92 bits per heavy atom. The van der Waals surface area contributed by atoms with E-state index in [9.17, 15) is 14.4 Å². The van der Waals surface area contributed by atoms with Gasteiger partial charge in [-0.2, -0.15) is 0 Å². The van der Waals surface area contributed by atoms with Crippen LogP contribution in [0.1, 0.15) is 32.8 Å². The highest BCUT2D eigenvalue weighted by molar-refractivity contribution is 5.94. The first kappa shape index (κ1) is 17.8. The third-order valence-electron chi connectivity index (χ3n) is 3.27. The first-order valence-corrected chi connectivity index (χ1v) is 7.75. The van der Waals surface area contributed by atoms with Gasteiger partial charge in [0.25, 0.3) is 0 Å². The molecular formula is C17H22N2O5. The Bertz CT molecular complexity index is 609. The molecule has 24 heavy (non-hydrogen) atoms. The van der Waals surface area contributed by atoms with Gasteiger partial charge in [0.15, 0.2) is 0 Å². The number of hydrogen-bond acceptors (Lipinski definition) is 5. The normalized spacial score (nSPS) is 17.5. The van der Waals surface area contributed by atoms with E-state index in [-0.39, 0.29) is 25.5 Å². The number of rotatable bonds is 3. The van der Waals surface area contributed by atoms with Crippen LogP contribution in [0.25, 0.3) is 0 Å². The van der Waals surface area contributed by atoms with Gasteiger partial charge in [-0.25, -0.2) is 14.5 Å². The molecule has 0 radical (unpaired) electrons. The van der Waals surface area contributed by atoms with Crippen LogP contribution in [0.15, 0.2) is 30.3 Å². The minimum Gasteiger partial charge on any atom is -0.445 e. The Morgan fingerprint density at radius 1 is 1.25 bits per heavy atom. The summed E-state index contributed by atoms with van der Waals surface area (Å²) >= 11 is 0. The van der Waals surface area contributed by atoms with Crippen LogP contribution < -0.4 is 5.32 Å². The van der Waals surface area contributed by atoms with Crippen LogP contribution in [0, 0.1) is 0 Å².